The molecule has 1 N–H and O–H groups in total. The molecule has 0 aliphatic carbocycles. The molecule has 0 unspecified atom stereocenters. The number of rotatable bonds is 4. The molecular weight excluding hydrogens is 394 g/mol. The molecule has 0 spiro atoms. The van der Waals surface area contributed by atoms with Crippen molar-refractivity contribution < 1.29 is 22.7 Å². The van der Waals surface area contributed by atoms with E-state index in [2.05, 4.69) is 10.3 Å². The number of sulfonamides is 1. The van der Waals surface area contributed by atoms with Gasteiger partial charge in [0.05, 0.1) is 10.8 Å². The minimum atomic E-state index is -3.74. The van der Waals surface area contributed by atoms with Crippen LogP contribution in [0.5, 0.6) is 11.5 Å². The van der Waals surface area contributed by atoms with Gasteiger partial charge in [0.2, 0.25) is 15.9 Å². The Labute approximate surface area is 169 Å². The second-order valence-electron chi connectivity index (χ2n) is 7.16. The van der Waals surface area contributed by atoms with Crippen LogP contribution < -0.4 is 14.8 Å². The summed E-state index contributed by atoms with van der Waals surface area (Å²) in [5.41, 5.74) is 0.800. The third-order valence-electron chi connectivity index (χ3n) is 5.05. The van der Waals surface area contributed by atoms with E-state index in [9.17, 15) is 13.2 Å². The van der Waals surface area contributed by atoms with Gasteiger partial charge >= 0.3 is 0 Å². The molecule has 8 nitrogen and oxygen atoms in total. The lowest BCUT2D eigenvalue weighted by atomic mass is 9.99. The SMILES string of the molecule is Cc1cccc(NC(=O)[C@H]2CCCN(S(=O)(=O)c3ccc4c(c3)OCCO4)C2)n1. The normalized spacial score (nSPS) is 19.6. The molecule has 1 saturated heterocycles. The molecule has 1 aromatic heterocycles. The Morgan fingerprint density at radius 3 is 2.76 bits per heavy atom. The van der Waals surface area contributed by atoms with E-state index >= 15 is 0 Å². The van der Waals surface area contributed by atoms with Crippen molar-refractivity contribution >= 4 is 21.7 Å². The number of piperidine rings is 1. The van der Waals surface area contributed by atoms with Crippen LogP contribution in [0.25, 0.3) is 0 Å². The van der Waals surface area contributed by atoms with Gasteiger partial charge in [-0.1, -0.05) is 6.07 Å². The first-order valence-electron chi connectivity index (χ1n) is 9.58. The van der Waals surface area contributed by atoms with Gasteiger partial charge in [-0.2, -0.15) is 4.31 Å². The van der Waals surface area contributed by atoms with Crippen molar-refractivity contribution in [1.29, 1.82) is 0 Å². The van der Waals surface area contributed by atoms with E-state index in [0.29, 0.717) is 49.9 Å². The van der Waals surface area contributed by atoms with Crippen molar-refractivity contribution in [2.45, 2.75) is 24.7 Å². The Morgan fingerprint density at radius 2 is 1.97 bits per heavy atom. The number of nitrogens with zero attached hydrogens (tertiary/aromatic N) is 2. The van der Waals surface area contributed by atoms with Crippen LogP contribution in [0.2, 0.25) is 0 Å². The number of anilines is 1. The topological polar surface area (TPSA) is 97.8 Å². The van der Waals surface area contributed by atoms with Crippen molar-refractivity contribution in [3.05, 3.63) is 42.1 Å². The number of amides is 1. The number of carbonyl (C=O) groups excluding carboxylic acids is 1. The zero-order valence-corrected chi connectivity index (χ0v) is 16.9. The van der Waals surface area contributed by atoms with Crippen LogP contribution in [0.4, 0.5) is 5.82 Å². The Balaban J connectivity index is 1.49. The molecular formula is C20H23N3O5S. The van der Waals surface area contributed by atoms with Gasteiger partial charge < -0.3 is 14.8 Å². The summed E-state index contributed by atoms with van der Waals surface area (Å²) < 4.78 is 38.6. The minimum absolute atomic E-state index is 0.133. The number of benzene rings is 1. The van der Waals surface area contributed by atoms with E-state index in [1.165, 1.54) is 16.4 Å². The molecule has 2 aliphatic heterocycles. The van der Waals surface area contributed by atoms with Gasteiger partial charge in [0.1, 0.15) is 19.0 Å². The minimum Gasteiger partial charge on any atom is -0.486 e. The van der Waals surface area contributed by atoms with Crippen molar-refractivity contribution in [3.63, 3.8) is 0 Å². The van der Waals surface area contributed by atoms with E-state index in [0.717, 1.165) is 5.69 Å². The van der Waals surface area contributed by atoms with E-state index in [1.807, 2.05) is 19.1 Å². The molecule has 3 heterocycles. The standard InChI is InChI=1S/C20H23N3O5S/c1-14-4-2-6-19(21-14)22-20(24)15-5-3-9-23(13-15)29(25,26)16-7-8-17-18(12-16)28-11-10-27-17/h2,4,6-8,12,15H,3,5,9-11,13H2,1H3,(H,21,22,24)/t15-/m0/s1. The molecule has 29 heavy (non-hydrogen) atoms. The molecule has 1 aromatic carbocycles. The summed E-state index contributed by atoms with van der Waals surface area (Å²) in [4.78, 5) is 17.1. The largest absolute Gasteiger partial charge is 0.486 e. The van der Waals surface area contributed by atoms with E-state index < -0.39 is 15.9 Å². The Bertz CT molecular complexity index is 1020. The zero-order chi connectivity index (χ0) is 20.4. The van der Waals surface area contributed by atoms with Crippen LogP contribution in [0.1, 0.15) is 18.5 Å². The van der Waals surface area contributed by atoms with Crippen LogP contribution in [-0.2, 0) is 14.8 Å². The van der Waals surface area contributed by atoms with Gasteiger partial charge in [-0.25, -0.2) is 13.4 Å². The van der Waals surface area contributed by atoms with E-state index in [4.69, 9.17) is 9.47 Å². The summed E-state index contributed by atoms with van der Waals surface area (Å²) >= 11 is 0. The summed E-state index contributed by atoms with van der Waals surface area (Å²) in [6.07, 6.45) is 1.24. The zero-order valence-electron chi connectivity index (χ0n) is 16.1. The van der Waals surface area contributed by atoms with Gasteiger partial charge in [0, 0.05) is 24.8 Å². The van der Waals surface area contributed by atoms with Gasteiger partial charge in [-0.3, -0.25) is 4.79 Å². The van der Waals surface area contributed by atoms with Crippen molar-refractivity contribution in [2.24, 2.45) is 5.92 Å². The van der Waals surface area contributed by atoms with Crippen molar-refractivity contribution in [1.82, 2.24) is 9.29 Å². The fourth-order valence-corrected chi connectivity index (χ4v) is 5.09. The molecule has 0 radical (unpaired) electrons. The Kier molecular flexibility index (Phi) is 5.42. The summed E-state index contributed by atoms with van der Waals surface area (Å²) in [5, 5.41) is 2.80. The van der Waals surface area contributed by atoms with Crippen molar-refractivity contribution in [3.8, 4) is 11.5 Å². The Hall–Kier alpha value is -2.65. The molecule has 2 aromatic rings. The van der Waals surface area contributed by atoms with Crippen LogP contribution in [0, 0.1) is 12.8 Å². The molecule has 0 bridgehead atoms. The van der Waals surface area contributed by atoms with Crippen LogP contribution in [0.3, 0.4) is 0 Å². The second kappa shape index (κ2) is 8.00. The van der Waals surface area contributed by atoms with Crippen LogP contribution in [0.15, 0.2) is 41.3 Å². The average Bonchev–Trinajstić information content (AvgIpc) is 2.73. The number of aromatic nitrogens is 1. The molecule has 1 fully saturated rings. The fourth-order valence-electron chi connectivity index (χ4n) is 3.55. The highest BCUT2D eigenvalue weighted by molar-refractivity contribution is 7.89. The summed E-state index contributed by atoms with van der Waals surface area (Å²) in [6.45, 7) is 3.18. The van der Waals surface area contributed by atoms with Gasteiger partial charge in [-0.05, 0) is 44.0 Å². The lowest BCUT2D eigenvalue weighted by Gasteiger charge is -2.31. The summed E-state index contributed by atoms with van der Waals surface area (Å²) in [5.74, 6) is 0.788. The average molecular weight is 417 g/mol. The lowest BCUT2D eigenvalue weighted by molar-refractivity contribution is -0.120. The number of aryl methyl sites for hydroxylation is 1. The Morgan fingerprint density at radius 1 is 1.17 bits per heavy atom. The highest BCUT2D eigenvalue weighted by atomic mass is 32.2. The second-order valence-corrected chi connectivity index (χ2v) is 9.10. The number of carbonyl (C=O) groups is 1. The molecule has 4 rings (SSSR count). The van der Waals surface area contributed by atoms with E-state index in [-0.39, 0.29) is 17.3 Å². The first kappa shape index (κ1) is 19.7. The summed E-state index contributed by atoms with van der Waals surface area (Å²) in [7, 11) is -3.74. The molecule has 1 amide bonds. The number of hydrogen-bond donors (Lipinski definition) is 1. The number of pyridine rings is 1. The van der Waals surface area contributed by atoms with E-state index in [1.54, 1.807) is 12.1 Å². The highest BCUT2D eigenvalue weighted by Gasteiger charge is 2.34. The maximum absolute atomic E-state index is 13.1. The third kappa shape index (κ3) is 4.20. The number of ether oxygens (including phenoxy) is 2. The smallest absolute Gasteiger partial charge is 0.243 e. The molecule has 154 valence electrons. The molecule has 0 saturated carbocycles. The monoisotopic (exact) mass is 417 g/mol. The molecule has 2 aliphatic rings. The predicted molar refractivity (Wildman–Crippen MR) is 107 cm³/mol. The first-order chi connectivity index (χ1) is 13.9. The lowest BCUT2D eigenvalue weighted by Crippen LogP contribution is -2.43. The summed E-state index contributed by atoms with van der Waals surface area (Å²) in [6, 6.07) is 10.00. The van der Waals surface area contributed by atoms with Gasteiger partial charge in [-0.15, -0.1) is 0 Å². The number of nitrogens with one attached hydrogen (secondary N) is 1. The van der Waals surface area contributed by atoms with Crippen molar-refractivity contribution in [2.75, 3.05) is 31.6 Å². The van der Waals surface area contributed by atoms with Crippen LogP contribution >= 0.6 is 0 Å². The first-order valence-corrected chi connectivity index (χ1v) is 11.0. The van der Waals surface area contributed by atoms with Gasteiger partial charge in [0.15, 0.2) is 11.5 Å². The third-order valence-corrected chi connectivity index (χ3v) is 6.91. The fraction of sp³-hybridized carbons (Fsp3) is 0.400. The number of hydrogen-bond acceptors (Lipinski definition) is 6. The van der Waals surface area contributed by atoms with Gasteiger partial charge in [0.25, 0.3) is 0 Å². The molecule has 1 atom stereocenters. The number of fused-ring (bicyclic) bond motifs is 1. The predicted octanol–water partition coefficient (Wildman–Crippen LogP) is 2.20. The quantitative estimate of drug-likeness (QED) is 0.819. The van der Waals surface area contributed by atoms with Crippen LogP contribution in [-0.4, -0.2) is 49.9 Å². The maximum atomic E-state index is 13.1. The highest BCUT2D eigenvalue weighted by Crippen LogP contribution is 2.34. The molecule has 9 heteroatoms. The maximum Gasteiger partial charge on any atom is 0.243 e.